The van der Waals surface area contributed by atoms with Crippen molar-refractivity contribution in [3.05, 3.63) is 58.7 Å². The molecule has 2 nitrogen and oxygen atoms in total. The summed E-state index contributed by atoms with van der Waals surface area (Å²) < 4.78 is 12.1. The second-order valence-electron chi connectivity index (χ2n) is 4.08. The molecule has 2 rings (SSSR count). The smallest absolute Gasteiger partial charge is 0.145 e. The lowest BCUT2D eigenvalue weighted by molar-refractivity contribution is 0.679. The van der Waals surface area contributed by atoms with E-state index >= 15 is 0 Å². The number of benzene rings is 1. The average molecular weight is 280 g/mol. The molecule has 0 saturated carbocycles. The van der Waals surface area contributed by atoms with Crippen LogP contribution in [0.15, 0.2) is 47.6 Å². The molecule has 0 spiro atoms. The Morgan fingerprint density at radius 2 is 1.94 bits per heavy atom. The molecule has 0 amide bonds. The Bertz CT molecular complexity index is 554. The lowest BCUT2D eigenvalue weighted by atomic mass is 10.1. The van der Waals surface area contributed by atoms with Gasteiger partial charge in [0.25, 0.3) is 0 Å². The van der Waals surface area contributed by atoms with Crippen LogP contribution in [0.5, 0.6) is 0 Å². The van der Waals surface area contributed by atoms with Crippen LogP contribution in [0.25, 0.3) is 0 Å². The predicted octanol–water partition coefficient (Wildman–Crippen LogP) is 3.39. The van der Waals surface area contributed by atoms with Gasteiger partial charge in [0.15, 0.2) is 0 Å². The van der Waals surface area contributed by atoms with Gasteiger partial charge in [0.1, 0.15) is 5.03 Å². The van der Waals surface area contributed by atoms with Gasteiger partial charge in [-0.3, -0.25) is 4.21 Å². The Hall–Kier alpha value is -1.19. The van der Waals surface area contributed by atoms with E-state index in [9.17, 15) is 4.21 Å². The van der Waals surface area contributed by atoms with Crippen molar-refractivity contribution in [3.63, 3.8) is 0 Å². The molecule has 0 radical (unpaired) electrons. The summed E-state index contributed by atoms with van der Waals surface area (Å²) in [5.74, 6) is 0.541. The minimum Gasteiger partial charge on any atom is -0.253 e. The summed E-state index contributed by atoms with van der Waals surface area (Å²) in [5.41, 5.74) is 2.41. The highest BCUT2D eigenvalue weighted by Crippen LogP contribution is 2.17. The molecule has 1 heterocycles. The summed E-state index contributed by atoms with van der Waals surface area (Å²) in [6.45, 7) is 2.05. The Balaban J connectivity index is 2.01. The lowest BCUT2D eigenvalue weighted by Crippen LogP contribution is -2.04. The minimum absolute atomic E-state index is 0.472. The van der Waals surface area contributed by atoms with Gasteiger partial charge in [-0.05, 0) is 31.0 Å². The monoisotopic (exact) mass is 279 g/mol. The fraction of sp³-hybridized carbons (Fsp3) is 0.214. The summed E-state index contributed by atoms with van der Waals surface area (Å²) >= 11 is 5.97. The molecular formula is C14H14ClNOS. The maximum Gasteiger partial charge on any atom is 0.145 e. The molecule has 1 atom stereocenters. The van der Waals surface area contributed by atoms with Gasteiger partial charge < -0.3 is 0 Å². The van der Waals surface area contributed by atoms with Crippen molar-refractivity contribution < 1.29 is 4.21 Å². The highest BCUT2D eigenvalue weighted by molar-refractivity contribution is 7.85. The highest BCUT2D eigenvalue weighted by Gasteiger charge is 2.09. The molecule has 0 fully saturated rings. The van der Waals surface area contributed by atoms with Crippen LogP contribution < -0.4 is 0 Å². The number of pyridine rings is 1. The highest BCUT2D eigenvalue weighted by atomic mass is 35.5. The van der Waals surface area contributed by atoms with E-state index in [1.54, 1.807) is 18.3 Å². The van der Waals surface area contributed by atoms with Crippen LogP contribution >= 0.6 is 11.6 Å². The third kappa shape index (κ3) is 3.40. The van der Waals surface area contributed by atoms with Crippen LogP contribution in [0.1, 0.15) is 11.1 Å². The van der Waals surface area contributed by atoms with Crippen LogP contribution in [0, 0.1) is 6.92 Å². The summed E-state index contributed by atoms with van der Waals surface area (Å²) in [5, 5.41) is 0.950. The maximum absolute atomic E-state index is 12.1. The van der Waals surface area contributed by atoms with E-state index in [2.05, 4.69) is 36.2 Å². The first-order valence-corrected chi connectivity index (χ1v) is 7.41. The molecule has 0 N–H and O–H groups in total. The van der Waals surface area contributed by atoms with E-state index in [4.69, 9.17) is 11.6 Å². The van der Waals surface area contributed by atoms with Crippen molar-refractivity contribution in [1.29, 1.82) is 0 Å². The second-order valence-corrected chi connectivity index (χ2v) is 5.97. The number of hydrogen-bond donors (Lipinski definition) is 0. The van der Waals surface area contributed by atoms with Crippen LogP contribution in [-0.2, 0) is 17.2 Å². The first kappa shape index (κ1) is 13.2. The minimum atomic E-state index is -1.14. The molecule has 1 aromatic carbocycles. The van der Waals surface area contributed by atoms with Crippen LogP contribution in [0.2, 0.25) is 5.02 Å². The quantitative estimate of drug-likeness (QED) is 0.859. The normalized spacial score (nSPS) is 12.3. The molecule has 18 heavy (non-hydrogen) atoms. The largest absolute Gasteiger partial charge is 0.253 e. The van der Waals surface area contributed by atoms with Crippen molar-refractivity contribution in [2.75, 3.05) is 5.75 Å². The lowest BCUT2D eigenvalue weighted by Gasteiger charge is -2.04. The number of hydrogen-bond acceptors (Lipinski definition) is 2. The number of aryl methyl sites for hydroxylation is 2. The van der Waals surface area contributed by atoms with Gasteiger partial charge >= 0.3 is 0 Å². The van der Waals surface area contributed by atoms with E-state index < -0.39 is 10.8 Å². The van der Waals surface area contributed by atoms with Crippen LogP contribution in [-0.4, -0.2) is 14.9 Å². The maximum atomic E-state index is 12.1. The first-order valence-electron chi connectivity index (χ1n) is 5.71. The fourth-order valence-electron chi connectivity index (χ4n) is 1.60. The van der Waals surface area contributed by atoms with Gasteiger partial charge in [-0.2, -0.15) is 0 Å². The van der Waals surface area contributed by atoms with Gasteiger partial charge in [0, 0.05) is 11.9 Å². The molecule has 0 aliphatic carbocycles. The number of aromatic nitrogens is 1. The number of halogens is 1. The Morgan fingerprint density at radius 3 is 2.61 bits per heavy atom. The number of rotatable bonds is 4. The second kappa shape index (κ2) is 6.12. The summed E-state index contributed by atoms with van der Waals surface area (Å²) in [6, 6.07) is 11.7. The molecule has 0 aliphatic heterocycles. The van der Waals surface area contributed by atoms with Crippen molar-refractivity contribution in [2.24, 2.45) is 0 Å². The zero-order valence-corrected chi connectivity index (χ0v) is 11.7. The van der Waals surface area contributed by atoms with Crippen LogP contribution in [0.4, 0.5) is 0 Å². The van der Waals surface area contributed by atoms with Gasteiger partial charge in [0.2, 0.25) is 0 Å². The van der Waals surface area contributed by atoms with Gasteiger partial charge in [0.05, 0.1) is 15.8 Å². The van der Waals surface area contributed by atoms with E-state index in [0.29, 0.717) is 15.8 Å². The first-order chi connectivity index (χ1) is 8.66. The molecule has 4 heteroatoms. The van der Waals surface area contributed by atoms with E-state index in [1.807, 2.05) is 0 Å². The third-order valence-electron chi connectivity index (χ3n) is 2.64. The molecule has 0 saturated heterocycles. The molecular weight excluding hydrogens is 266 g/mol. The van der Waals surface area contributed by atoms with Gasteiger partial charge in [-0.25, -0.2) is 4.98 Å². The van der Waals surface area contributed by atoms with E-state index in [-0.39, 0.29) is 0 Å². The van der Waals surface area contributed by atoms with Gasteiger partial charge in [-0.15, -0.1) is 0 Å². The zero-order chi connectivity index (χ0) is 13.0. The third-order valence-corrected chi connectivity index (χ3v) is 4.39. The summed E-state index contributed by atoms with van der Waals surface area (Å²) in [4.78, 5) is 4.07. The molecule has 0 aliphatic rings. The number of nitrogens with zero attached hydrogens (tertiary/aromatic N) is 1. The fourth-order valence-corrected chi connectivity index (χ4v) is 3.06. The molecule has 1 unspecified atom stereocenters. The standard InChI is InChI=1S/C14H14ClNOS/c1-11-4-6-12(7-5-11)8-10-18(17)14-13(15)3-2-9-16-14/h2-7,9H,8,10H2,1H3. The SMILES string of the molecule is Cc1ccc(CCS(=O)c2ncccc2Cl)cc1. The van der Waals surface area contributed by atoms with Crippen molar-refractivity contribution in [2.45, 2.75) is 18.4 Å². The van der Waals surface area contributed by atoms with Crippen molar-refractivity contribution in [3.8, 4) is 0 Å². The zero-order valence-electron chi connectivity index (χ0n) is 10.1. The molecule has 2 aromatic rings. The Kier molecular flexibility index (Phi) is 4.50. The molecule has 94 valence electrons. The van der Waals surface area contributed by atoms with Crippen molar-refractivity contribution >= 4 is 22.4 Å². The topological polar surface area (TPSA) is 30.0 Å². The summed E-state index contributed by atoms with van der Waals surface area (Å²) in [6.07, 6.45) is 2.38. The predicted molar refractivity (Wildman–Crippen MR) is 75.4 cm³/mol. The Morgan fingerprint density at radius 1 is 1.22 bits per heavy atom. The average Bonchev–Trinajstić information content (AvgIpc) is 2.38. The van der Waals surface area contributed by atoms with Crippen LogP contribution in [0.3, 0.4) is 0 Å². The van der Waals surface area contributed by atoms with Crippen molar-refractivity contribution in [1.82, 2.24) is 4.98 Å². The van der Waals surface area contributed by atoms with E-state index in [1.165, 1.54) is 11.1 Å². The Labute approximate surface area is 114 Å². The van der Waals surface area contributed by atoms with Gasteiger partial charge in [-0.1, -0.05) is 41.4 Å². The summed E-state index contributed by atoms with van der Waals surface area (Å²) in [7, 11) is -1.14. The van der Waals surface area contributed by atoms with E-state index in [0.717, 1.165) is 6.42 Å². The molecule has 1 aromatic heterocycles. The molecule has 0 bridgehead atoms.